The lowest BCUT2D eigenvalue weighted by atomic mass is 9.97. The van der Waals surface area contributed by atoms with Gasteiger partial charge in [-0.1, -0.05) is 12.1 Å². The van der Waals surface area contributed by atoms with Crippen LogP contribution in [0.1, 0.15) is 18.9 Å². The molecule has 1 aromatic rings. The molecule has 4 nitrogen and oxygen atoms in total. The van der Waals surface area contributed by atoms with Crippen molar-refractivity contribution in [3.8, 4) is 5.75 Å². The molecule has 0 spiro atoms. The first-order valence-corrected chi connectivity index (χ1v) is 6.78. The molecule has 1 aromatic carbocycles. The summed E-state index contributed by atoms with van der Waals surface area (Å²) in [7, 11) is 0. The van der Waals surface area contributed by atoms with E-state index in [9.17, 15) is 9.90 Å². The number of aliphatic hydroxyl groups excluding tert-OH is 1. The zero-order valence-corrected chi connectivity index (χ0v) is 11.2. The maximum atomic E-state index is 10.4. The van der Waals surface area contributed by atoms with Crippen molar-refractivity contribution in [2.24, 2.45) is 5.92 Å². The lowest BCUT2D eigenvalue weighted by Gasteiger charge is -2.26. The minimum Gasteiger partial charge on any atom is -0.487 e. The van der Waals surface area contributed by atoms with E-state index in [1.807, 2.05) is 24.3 Å². The van der Waals surface area contributed by atoms with E-state index in [4.69, 9.17) is 4.74 Å². The molecule has 1 aliphatic rings. The van der Waals surface area contributed by atoms with Gasteiger partial charge in [0, 0.05) is 18.9 Å². The highest BCUT2D eigenvalue weighted by atomic mass is 16.5. The van der Waals surface area contributed by atoms with Gasteiger partial charge in [-0.15, -0.1) is 0 Å². The molecule has 3 unspecified atom stereocenters. The molecule has 1 heterocycles. The van der Waals surface area contributed by atoms with Crippen molar-refractivity contribution in [3.05, 3.63) is 29.8 Å². The Morgan fingerprint density at radius 1 is 1.47 bits per heavy atom. The normalized spacial score (nSPS) is 21.9. The molecule has 1 fully saturated rings. The van der Waals surface area contributed by atoms with Crippen LogP contribution in [0.5, 0.6) is 5.75 Å². The average Bonchev–Trinajstić information content (AvgIpc) is 2.91. The van der Waals surface area contributed by atoms with Crippen LogP contribution in [0.3, 0.4) is 0 Å². The summed E-state index contributed by atoms with van der Waals surface area (Å²) in [5.41, 5.74) is 0.971. The molecule has 0 aliphatic carbocycles. The molecule has 0 bridgehead atoms. The zero-order chi connectivity index (χ0) is 13.7. The van der Waals surface area contributed by atoms with Crippen molar-refractivity contribution >= 4 is 6.29 Å². The maximum absolute atomic E-state index is 10.4. The van der Waals surface area contributed by atoms with Gasteiger partial charge in [0.05, 0.1) is 6.10 Å². The molecule has 4 heteroatoms. The minimum atomic E-state index is -0.500. The second-order valence-electron chi connectivity index (χ2n) is 5.09. The first-order valence-electron chi connectivity index (χ1n) is 6.78. The second kappa shape index (κ2) is 6.68. The molecule has 3 atom stereocenters. The summed E-state index contributed by atoms with van der Waals surface area (Å²) >= 11 is 0. The van der Waals surface area contributed by atoms with Gasteiger partial charge in [0.25, 0.3) is 0 Å². The highest BCUT2D eigenvalue weighted by Gasteiger charge is 2.30. The van der Waals surface area contributed by atoms with E-state index in [0.717, 1.165) is 37.1 Å². The van der Waals surface area contributed by atoms with Crippen LogP contribution in [-0.4, -0.2) is 36.7 Å². The van der Waals surface area contributed by atoms with Crippen LogP contribution in [0, 0.1) is 5.92 Å². The zero-order valence-electron chi connectivity index (χ0n) is 11.2. The summed E-state index contributed by atoms with van der Waals surface area (Å²) in [6, 6.07) is 7.48. The number of aliphatic hydroxyl groups is 1. The number of benzene rings is 1. The monoisotopic (exact) mass is 263 g/mol. The van der Waals surface area contributed by atoms with Gasteiger partial charge in [-0.25, -0.2) is 0 Å². The number of rotatable bonds is 6. The fourth-order valence-corrected chi connectivity index (χ4v) is 2.50. The molecule has 0 saturated carbocycles. The van der Waals surface area contributed by atoms with Crippen LogP contribution in [0.15, 0.2) is 24.3 Å². The number of hydrogen-bond acceptors (Lipinski definition) is 4. The lowest BCUT2D eigenvalue weighted by molar-refractivity contribution is -0.107. The fraction of sp³-hybridized carbons (Fsp3) is 0.533. The van der Waals surface area contributed by atoms with Gasteiger partial charge in [0.1, 0.15) is 18.1 Å². The molecule has 1 saturated heterocycles. The highest BCUT2D eigenvalue weighted by Crippen LogP contribution is 2.23. The van der Waals surface area contributed by atoms with E-state index in [2.05, 4.69) is 5.32 Å². The predicted octanol–water partition coefficient (Wildman–Crippen LogP) is 1.17. The summed E-state index contributed by atoms with van der Waals surface area (Å²) < 4.78 is 5.91. The first kappa shape index (κ1) is 14.0. The highest BCUT2D eigenvalue weighted by molar-refractivity contribution is 5.55. The maximum Gasteiger partial charge on any atom is 0.128 e. The van der Waals surface area contributed by atoms with E-state index in [0.29, 0.717) is 12.3 Å². The first-order chi connectivity index (χ1) is 9.20. The van der Waals surface area contributed by atoms with Crippen LogP contribution in [0.4, 0.5) is 0 Å². The topological polar surface area (TPSA) is 58.6 Å². The molecular formula is C15H21NO3. The van der Waals surface area contributed by atoms with E-state index in [1.165, 1.54) is 0 Å². The summed E-state index contributed by atoms with van der Waals surface area (Å²) in [5.74, 6) is 1.09. The summed E-state index contributed by atoms with van der Waals surface area (Å²) in [6.07, 6.45) is 1.65. The molecule has 2 rings (SSSR count). The SMILES string of the molecule is CC(O)C(Oc1ccc(CC=O)cc1)C1CCNC1. The van der Waals surface area contributed by atoms with Crippen molar-refractivity contribution in [2.75, 3.05) is 13.1 Å². The third kappa shape index (κ3) is 3.78. The Kier molecular flexibility index (Phi) is 4.93. The van der Waals surface area contributed by atoms with Gasteiger partial charge >= 0.3 is 0 Å². The van der Waals surface area contributed by atoms with Crippen molar-refractivity contribution in [1.29, 1.82) is 0 Å². The Bertz CT molecular complexity index is 396. The van der Waals surface area contributed by atoms with Gasteiger partial charge in [-0.3, -0.25) is 0 Å². The molecule has 1 aliphatic heterocycles. The number of aldehydes is 1. The van der Waals surface area contributed by atoms with Crippen molar-refractivity contribution in [1.82, 2.24) is 5.32 Å². The third-order valence-corrected chi connectivity index (χ3v) is 3.55. The predicted molar refractivity (Wildman–Crippen MR) is 73.3 cm³/mol. The smallest absolute Gasteiger partial charge is 0.128 e. The Hall–Kier alpha value is -1.39. The minimum absolute atomic E-state index is 0.188. The van der Waals surface area contributed by atoms with Crippen molar-refractivity contribution in [2.45, 2.75) is 32.0 Å². The number of carbonyl (C=O) groups excluding carboxylic acids is 1. The number of carbonyl (C=O) groups is 1. The summed E-state index contributed by atoms with van der Waals surface area (Å²) in [4.78, 5) is 10.4. The van der Waals surface area contributed by atoms with E-state index < -0.39 is 6.10 Å². The Labute approximate surface area is 113 Å². The molecule has 0 aromatic heterocycles. The molecular weight excluding hydrogens is 242 g/mol. The standard InChI is InChI=1S/C15H21NO3/c1-11(18)15(13-6-8-16-10-13)19-14-4-2-12(3-5-14)7-9-17/h2-5,9,11,13,15-16,18H,6-8,10H2,1H3. The van der Waals surface area contributed by atoms with Crippen LogP contribution < -0.4 is 10.1 Å². The summed E-state index contributed by atoms with van der Waals surface area (Å²) in [5, 5.41) is 13.2. The molecule has 2 N–H and O–H groups in total. The quantitative estimate of drug-likeness (QED) is 0.756. The van der Waals surface area contributed by atoms with Gasteiger partial charge in [-0.2, -0.15) is 0 Å². The van der Waals surface area contributed by atoms with Gasteiger partial charge in [-0.05, 0) is 37.6 Å². The number of ether oxygens (including phenoxy) is 1. The Morgan fingerprint density at radius 2 is 2.21 bits per heavy atom. The molecule has 19 heavy (non-hydrogen) atoms. The largest absolute Gasteiger partial charge is 0.487 e. The average molecular weight is 263 g/mol. The van der Waals surface area contributed by atoms with E-state index in [1.54, 1.807) is 6.92 Å². The molecule has 0 amide bonds. The Balaban J connectivity index is 2.01. The summed E-state index contributed by atoms with van der Waals surface area (Å²) in [6.45, 7) is 3.64. The third-order valence-electron chi connectivity index (χ3n) is 3.55. The Morgan fingerprint density at radius 3 is 2.74 bits per heavy atom. The molecule has 104 valence electrons. The fourth-order valence-electron chi connectivity index (χ4n) is 2.50. The van der Waals surface area contributed by atoms with Crippen LogP contribution in [0.2, 0.25) is 0 Å². The van der Waals surface area contributed by atoms with Crippen LogP contribution >= 0.6 is 0 Å². The van der Waals surface area contributed by atoms with Gasteiger partial charge in [0.15, 0.2) is 0 Å². The lowest BCUT2D eigenvalue weighted by Crippen LogP contribution is -2.38. The molecule has 0 radical (unpaired) electrons. The van der Waals surface area contributed by atoms with Gasteiger partial charge in [0.2, 0.25) is 0 Å². The van der Waals surface area contributed by atoms with Crippen molar-refractivity contribution in [3.63, 3.8) is 0 Å². The number of nitrogens with one attached hydrogen (secondary N) is 1. The van der Waals surface area contributed by atoms with Gasteiger partial charge < -0.3 is 20.0 Å². The van der Waals surface area contributed by atoms with Crippen molar-refractivity contribution < 1.29 is 14.6 Å². The number of hydrogen-bond donors (Lipinski definition) is 2. The van der Waals surface area contributed by atoms with E-state index >= 15 is 0 Å². The van der Waals surface area contributed by atoms with E-state index in [-0.39, 0.29) is 6.10 Å². The second-order valence-corrected chi connectivity index (χ2v) is 5.09. The van der Waals surface area contributed by atoms with Crippen LogP contribution in [-0.2, 0) is 11.2 Å². The van der Waals surface area contributed by atoms with Crippen LogP contribution in [0.25, 0.3) is 0 Å².